The number of allylic oxidation sites excluding steroid dienone is 2. The van der Waals surface area contributed by atoms with Gasteiger partial charge in [-0.1, -0.05) is 11.6 Å². The summed E-state index contributed by atoms with van der Waals surface area (Å²) >= 11 is 8.14. The lowest BCUT2D eigenvalue weighted by molar-refractivity contribution is -0.0886. The molecule has 0 bridgehead atoms. The Labute approximate surface area is 72.7 Å². The van der Waals surface area contributed by atoms with Crippen molar-refractivity contribution in [3.63, 3.8) is 0 Å². The lowest BCUT2D eigenvalue weighted by Gasteiger charge is -2.09. The van der Waals surface area contributed by atoms with Gasteiger partial charge in [0.15, 0.2) is 5.03 Å². The van der Waals surface area contributed by atoms with Gasteiger partial charge in [-0.05, 0) is 11.6 Å². The van der Waals surface area contributed by atoms with E-state index in [0.717, 1.165) is 0 Å². The summed E-state index contributed by atoms with van der Waals surface area (Å²) in [5, 5.41) is -7.28. The molecule has 0 rings (SSSR count). The summed E-state index contributed by atoms with van der Waals surface area (Å²) in [6, 6.07) is 0. The van der Waals surface area contributed by atoms with Crippen LogP contribution in [0.4, 0.5) is 26.3 Å². The summed E-state index contributed by atoms with van der Waals surface area (Å²) in [5.74, 6) is -2.90. The van der Waals surface area contributed by atoms with E-state index in [9.17, 15) is 26.3 Å². The molecular weight excluding hydrogens is 233 g/mol. The Balaban J connectivity index is 4.96. The van der Waals surface area contributed by atoms with Crippen molar-refractivity contribution in [2.75, 3.05) is 0 Å². The van der Waals surface area contributed by atoms with E-state index in [1.54, 1.807) is 0 Å². The van der Waals surface area contributed by atoms with E-state index in [4.69, 9.17) is 0 Å². The first-order valence-electron chi connectivity index (χ1n) is 2.26. The van der Waals surface area contributed by atoms with E-state index in [2.05, 4.69) is 23.2 Å². The maximum absolute atomic E-state index is 11.9. The Bertz CT molecular complexity index is 177. The molecule has 12 heavy (non-hydrogen) atoms. The van der Waals surface area contributed by atoms with Crippen LogP contribution in [0.15, 0.2) is 10.9 Å². The Morgan fingerprint density at radius 2 is 1.33 bits per heavy atom. The first kappa shape index (κ1) is 11.9. The molecule has 0 heterocycles. The largest absolute Gasteiger partial charge is 0.429 e. The molecule has 0 aliphatic heterocycles. The van der Waals surface area contributed by atoms with Gasteiger partial charge >= 0.3 is 11.6 Å². The molecule has 0 aromatic carbocycles. The second-order valence-electron chi connectivity index (χ2n) is 1.62. The topological polar surface area (TPSA) is 0 Å². The first-order chi connectivity index (χ1) is 5.07. The molecule has 0 saturated heterocycles. The van der Waals surface area contributed by atoms with Gasteiger partial charge in [-0.25, -0.2) is 4.39 Å². The van der Waals surface area contributed by atoms with Crippen molar-refractivity contribution >= 4 is 23.2 Å². The van der Waals surface area contributed by atoms with Crippen LogP contribution < -0.4 is 0 Å². The van der Waals surface area contributed by atoms with E-state index in [-0.39, 0.29) is 0 Å². The van der Waals surface area contributed by atoms with Gasteiger partial charge in [0.2, 0.25) is 5.83 Å². The minimum absolute atomic E-state index is 2.55. The number of alkyl halides is 6. The highest BCUT2D eigenvalue weighted by atomic mass is 35.5. The molecule has 0 unspecified atom stereocenters. The van der Waals surface area contributed by atoms with Gasteiger partial charge in [0.25, 0.3) is 0 Å². The predicted molar refractivity (Wildman–Crippen MR) is 30.8 cm³/mol. The molecule has 0 radical (unpaired) electrons. The van der Waals surface area contributed by atoms with Gasteiger partial charge < -0.3 is 0 Å². The highest BCUT2D eigenvalue weighted by Gasteiger charge is 2.44. The molecule has 0 aromatic rings. The maximum Gasteiger partial charge on any atom is 0.429 e. The van der Waals surface area contributed by atoms with Crippen LogP contribution in [-0.2, 0) is 0 Å². The fourth-order valence-corrected chi connectivity index (χ4v) is 0.510. The molecule has 0 nitrogen and oxygen atoms in total. The second kappa shape index (κ2) is 3.33. The Morgan fingerprint density at radius 3 is 1.42 bits per heavy atom. The highest BCUT2D eigenvalue weighted by Crippen LogP contribution is 2.39. The number of hydrogen-bond acceptors (Lipinski definition) is 0. The van der Waals surface area contributed by atoms with Gasteiger partial charge in [0.1, 0.15) is 0 Å². The van der Waals surface area contributed by atoms with Gasteiger partial charge in [0.05, 0.1) is 0 Å². The zero-order chi connectivity index (χ0) is 10.2. The Hall–Kier alpha value is -0.100. The molecule has 0 aromatic heterocycles. The summed E-state index contributed by atoms with van der Waals surface area (Å²) in [6.45, 7) is 0. The summed E-state index contributed by atoms with van der Waals surface area (Å²) in [5.41, 5.74) is 0. The summed E-state index contributed by atoms with van der Waals surface area (Å²) in [4.78, 5) is 0. The standard InChI is InChI=1S/C4Cl2F6/c5-1(4(10,11)12)2(7)3(6,8)9. The number of halogens is 8. The van der Waals surface area contributed by atoms with E-state index in [1.807, 2.05) is 0 Å². The zero-order valence-corrected chi connectivity index (χ0v) is 6.54. The fraction of sp³-hybridized carbons (Fsp3) is 0.500. The minimum atomic E-state index is -5.36. The molecule has 72 valence electrons. The lowest BCUT2D eigenvalue weighted by Crippen LogP contribution is -2.16. The Kier molecular flexibility index (Phi) is 3.31. The van der Waals surface area contributed by atoms with Crippen molar-refractivity contribution in [2.24, 2.45) is 0 Å². The van der Waals surface area contributed by atoms with Crippen LogP contribution in [0.1, 0.15) is 0 Å². The molecule has 0 saturated carbocycles. The van der Waals surface area contributed by atoms with E-state index in [1.165, 1.54) is 0 Å². The third kappa shape index (κ3) is 3.10. The van der Waals surface area contributed by atoms with Crippen molar-refractivity contribution in [2.45, 2.75) is 11.6 Å². The lowest BCUT2D eigenvalue weighted by atomic mass is 10.4. The van der Waals surface area contributed by atoms with E-state index < -0.39 is 22.4 Å². The van der Waals surface area contributed by atoms with Crippen LogP contribution in [0, 0.1) is 0 Å². The molecule has 0 aliphatic rings. The Morgan fingerprint density at radius 1 is 1.00 bits per heavy atom. The SMILES string of the molecule is FC(=C(Cl)C(F)(F)F)C(F)(F)Cl. The average Bonchev–Trinajstić information content (AvgIpc) is 1.80. The average molecular weight is 233 g/mol. The van der Waals surface area contributed by atoms with Gasteiger partial charge in [-0.15, -0.1) is 0 Å². The number of hydrogen-bond donors (Lipinski definition) is 0. The molecule has 0 aliphatic carbocycles. The van der Waals surface area contributed by atoms with E-state index in [0.29, 0.717) is 0 Å². The predicted octanol–water partition coefficient (Wildman–Crippen LogP) is 3.80. The minimum Gasteiger partial charge on any atom is -0.202 e. The smallest absolute Gasteiger partial charge is 0.202 e. The number of rotatable bonds is 1. The normalized spacial score (nSPS) is 16.0. The maximum atomic E-state index is 11.9. The first-order valence-corrected chi connectivity index (χ1v) is 3.02. The van der Waals surface area contributed by atoms with Crippen molar-refractivity contribution in [1.29, 1.82) is 0 Å². The molecule has 0 amide bonds. The van der Waals surface area contributed by atoms with Crippen molar-refractivity contribution in [3.05, 3.63) is 10.9 Å². The molecule has 0 spiro atoms. The summed E-state index contributed by atoms with van der Waals surface area (Å²) in [6.07, 6.45) is -5.36. The molecule has 8 heteroatoms. The van der Waals surface area contributed by atoms with Crippen molar-refractivity contribution < 1.29 is 26.3 Å². The third-order valence-corrected chi connectivity index (χ3v) is 1.24. The zero-order valence-electron chi connectivity index (χ0n) is 5.02. The van der Waals surface area contributed by atoms with Crippen LogP contribution in [0.25, 0.3) is 0 Å². The second-order valence-corrected chi connectivity index (χ2v) is 2.48. The van der Waals surface area contributed by atoms with Gasteiger partial charge in [0, 0.05) is 0 Å². The van der Waals surface area contributed by atoms with Crippen LogP contribution in [-0.4, -0.2) is 11.6 Å². The fourth-order valence-electron chi connectivity index (χ4n) is 0.249. The molecule has 0 N–H and O–H groups in total. The molecule has 0 atom stereocenters. The van der Waals surface area contributed by atoms with Crippen molar-refractivity contribution in [1.82, 2.24) is 0 Å². The van der Waals surface area contributed by atoms with Crippen LogP contribution in [0.3, 0.4) is 0 Å². The summed E-state index contributed by atoms with van der Waals surface area (Å²) in [7, 11) is 0. The van der Waals surface area contributed by atoms with Crippen LogP contribution >= 0.6 is 23.2 Å². The van der Waals surface area contributed by atoms with Crippen LogP contribution in [0.2, 0.25) is 0 Å². The third-order valence-electron chi connectivity index (χ3n) is 0.690. The summed E-state index contributed by atoms with van der Waals surface area (Å²) < 4.78 is 69.5. The van der Waals surface area contributed by atoms with E-state index >= 15 is 0 Å². The quantitative estimate of drug-likeness (QED) is 0.477. The van der Waals surface area contributed by atoms with Gasteiger partial charge in [-0.3, -0.25) is 0 Å². The molecule has 0 fully saturated rings. The van der Waals surface area contributed by atoms with Gasteiger partial charge in [-0.2, -0.15) is 22.0 Å². The monoisotopic (exact) mass is 232 g/mol. The molecular formula is C4Cl2F6. The highest BCUT2D eigenvalue weighted by molar-refractivity contribution is 6.32. The van der Waals surface area contributed by atoms with Crippen LogP contribution in [0.5, 0.6) is 0 Å². The van der Waals surface area contributed by atoms with Crippen molar-refractivity contribution in [3.8, 4) is 0 Å².